The molecule has 1 atom stereocenters. The molecule has 1 unspecified atom stereocenters. The maximum absolute atomic E-state index is 13.8. The van der Waals surface area contributed by atoms with E-state index in [2.05, 4.69) is 33.9 Å². The van der Waals surface area contributed by atoms with Crippen LogP contribution in [-0.2, 0) is 0 Å². The fraction of sp³-hybridized carbons (Fsp3) is 0.214. The minimum Gasteiger partial charge on any atom is -0.369 e. The smallest absolute Gasteiger partial charge is 0.201 e. The largest absolute Gasteiger partial charge is 0.369 e. The Morgan fingerprint density at radius 2 is 2.30 bits per heavy atom. The van der Waals surface area contributed by atoms with Crippen LogP contribution in [-0.4, -0.2) is 9.55 Å². The van der Waals surface area contributed by atoms with Gasteiger partial charge in [0, 0.05) is 10.9 Å². The first kappa shape index (κ1) is 13.6. The highest BCUT2D eigenvalue weighted by Gasteiger charge is 2.20. The molecule has 3 nitrogen and oxygen atoms in total. The predicted molar refractivity (Wildman–Crippen MR) is 84.6 cm³/mol. The molecule has 2 aromatic heterocycles. The number of nitrogens with two attached hydrogens (primary N) is 1. The van der Waals surface area contributed by atoms with E-state index in [0.717, 1.165) is 11.9 Å². The number of anilines is 1. The van der Waals surface area contributed by atoms with Crippen LogP contribution in [0.2, 0.25) is 0 Å². The highest BCUT2D eigenvalue weighted by atomic mass is 79.9. The number of hydrogen-bond acceptors (Lipinski definition) is 3. The quantitative estimate of drug-likeness (QED) is 0.748. The molecule has 0 fully saturated rings. The summed E-state index contributed by atoms with van der Waals surface area (Å²) in [5, 5.41) is 2.03. The third-order valence-corrected chi connectivity index (χ3v) is 4.91. The van der Waals surface area contributed by atoms with Gasteiger partial charge in [-0.1, -0.05) is 13.0 Å². The number of fused-ring (bicyclic) bond motifs is 1. The van der Waals surface area contributed by atoms with Gasteiger partial charge in [-0.15, -0.1) is 11.3 Å². The Morgan fingerprint density at radius 1 is 1.50 bits per heavy atom. The molecule has 0 bridgehead atoms. The van der Waals surface area contributed by atoms with E-state index in [4.69, 9.17) is 5.73 Å². The van der Waals surface area contributed by atoms with Crippen molar-refractivity contribution in [3.63, 3.8) is 0 Å². The van der Waals surface area contributed by atoms with Gasteiger partial charge in [-0.05, 0) is 39.9 Å². The Balaban J connectivity index is 2.24. The zero-order valence-electron chi connectivity index (χ0n) is 10.8. The van der Waals surface area contributed by atoms with Crippen molar-refractivity contribution >= 4 is 44.2 Å². The summed E-state index contributed by atoms with van der Waals surface area (Å²) in [6.45, 7) is 2.09. The fourth-order valence-electron chi connectivity index (χ4n) is 2.43. The van der Waals surface area contributed by atoms with E-state index in [-0.39, 0.29) is 11.9 Å². The van der Waals surface area contributed by atoms with E-state index in [1.165, 1.54) is 10.9 Å². The van der Waals surface area contributed by atoms with Crippen LogP contribution in [0.25, 0.3) is 11.0 Å². The molecule has 104 valence electrons. The van der Waals surface area contributed by atoms with Crippen molar-refractivity contribution in [2.24, 2.45) is 0 Å². The number of hydrogen-bond donors (Lipinski definition) is 1. The summed E-state index contributed by atoms with van der Waals surface area (Å²) in [7, 11) is 0. The first-order valence-electron chi connectivity index (χ1n) is 6.27. The first-order chi connectivity index (χ1) is 9.61. The average Bonchev–Trinajstić information content (AvgIpc) is 3.02. The lowest BCUT2D eigenvalue weighted by molar-refractivity contribution is 0.593. The van der Waals surface area contributed by atoms with Crippen LogP contribution in [0.15, 0.2) is 34.1 Å². The lowest BCUT2D eigenvalue weighted by Gasteiger charge is -2.17. The molecule has 3 rings (SSSR count). The van der Waals surface area contributed by atoms with Crippen LogP contribution in [0.3, 0.4) is 0 Å². The van der Waals surface area contributed by atoms with Gasteiger partial charge >= 0.3 is 0 Å². The summed E-state index contributed by atoms with van der Waals surface area (Å²) in [6.07, 6.45) is 0.869. The number of imidazole rings is 1. The van der Waals surface area contributed by atoms with Gasteiger partial charge in [-0.3, -0.25) is 0 Å². The van der Waals surface area contributed by atoms with Crippen LogP contribution in [0, 0.1) is 5.82 Å². The van der Waals surface area contributed by atoms with Gasteiger partial charge in [0.2, 0.25) is 5.95 Å². The predicted octanol–water partition coefficient (Wildman–Crippen LogP) is 4.58. The molecule has 0 aliphatic heterocycles. The lowest BCUT2D eigenvalue weighted by atomic mass is 10.1. The van der Waals surface area contributed by atoms with Gasteiger partial charge in [0.15, 0.2) is 0 Å². The topological polar surface area (TPSA) is 43.8 Å². The van der Waals surface area contributed by atoms with Crippen molar-refractivity contribution in [2.45, 2.75) is 19.4 Å². The summed E-state index contributed by atoms with van der Waals surface area (Å²) in [4.78, 5) is 5.54. The van der Waals surface area contributed by atoms with E-state index in [1.54, 1.807) is 17.4 Å². The summed E-state index contributed by atoms with van der Waals surface area (Å²) >= 11 is 4.85. The van der Waals surface area contributed by atoms with E-state index >= 15 is 0 Å². The number of rotatable bonds is 3. The average molecular weight is 354 g/mol. The van der Waals surface area contributed by atoms with Gasteiger partial charge in [-0.25, -0.2) is 9.37 Å². The molecule has 0 amide bonds. The number of nitrogen functional groups attached to an aromatic ring is 1. The molecular weight excluding hydrogens is 341 g/mol. The normalized spacial score (nSPS) is 12.9. The summed E-state index contributed by atoms with van der Waals surface area (Å²) in [5.74, 6) is 0.109. The standard InChI is InChI=1S/C14H13BrFN3S/c1-2-11(13-4-3-5-20-13)19-12-7-9(16)8(15)6-10(12)18-14(19)17/h3-7,11H,2H2,1H3,(H2,17,18). The molecule has 0 saturated carbocycles. The number of thiophene rings is 1. The molecule has 2 N–H and O–H groups in total. The molecule has 3 aromatic rings. The van der Waals surface area contributed by atoms with Crippen LogP contribution in [0.4, 0.5) is 10.3 Å². The second kappa shape index (κ2) is 5.18. The number of aromatic nitrogens is 2. The molecular formula is C14H13BrFN3S. The Bertz CT molecular complexity index is 751. The van der Waals surface area contributed by atoms with Crippen molar-refractivity contribution in [1.29, 1.82) is 0 Å². The van der Waals surface area contributed by atoms with Gasteiger partial charge < -0.3 is 10.3 Å². The Labute approximate surface area is 128 Å². The van der Waals surface area contributed by atoms with Crippen LogP contribution >= 0.6 is 27.3 Å². The lowest BCUT2D eigenvalue weighted by Crippen LogP contribution is -2.11. The highest BCUT2D eigenvalue weighted by molar-refractivity contribution is 9.10. The SMILES string of the molecule is CCC(c1cccs1)n1c(N)nc2cc(Br)c(F)cc21. The van der Waals surface area contributed by atoms with Gasteiger partial charge in [0.1, 0.15) is 5.82 Å². The van der Waals surface area contributed by atoms with E-state index < -0.39 is 0 Å². The summed E-state index contributed by atoms with van der Waals surface area (Å²) < 4.78 is 16.1. The highest BCUT2D eigenvalue weighted by Crippen LogP contribution is 2.33. The van der Waals surface area contributed by atoms with E-state index in [0.29, 0.717) is 15.9 Å². The minimum absolute atomic E-state index is 0.0839. The second-order valence-corrected chi connectivity index (χ2v) is 6.37. The molecule has 0 aliphatic rings. The van der Waals surface area contributed by atoms with Gasteiger partial charge in [-0.2, -0.15) is 0 Å². The molecule has 1 aromatic carbocycles. The maximum Gasteiger partial charge on any atom is 0.201 e. The van der Waals surface area contributed by atoms with Crippen molar-refractivity contribution in [3.8, 4) is 0 Å². The zero-order valence-corrected chi connectivity index (χ0v) is 13.2. The molecule has 0 radical (unpaired) electrons. The van der Waals surface area contributed by atoms with Gasteiger partial charge in [0.05, 0.1) is 21.5 Å². The van der Waals surface area contributed by atoms with Crippen molar-refractivity contribution < 1.29 is 4.39 Å². The second-order valence-electron chi connectivity index (χ2n) is 4.53. The van der Waals surface area contributed by atoms with E-state index in [1.807, 2.05) is 16.0 Å². The minimum atomic E-state index is -0.306. The Kier molecular flexibility index (Phi) is 3.52. The fourth-order valence-corrected chi connectivity index (χ4v) is 3.66. The zero-order chi connectivity index (χ0) is 14.3. The van der Waals surface area contributed by atoms with E-state index in [9.17, 15) is 4.39 Å². The molecule has 0 saturated heterocycles. The van der Waals surface area contributed by atoms with Crippen LogP contribution in [0.5, 0.6) is 0 Å². The number of benzene rings is 1. The van der Waals surface area contributed by atoms with Crippen molar-refractivity contribution in [1.82, 2.24) is 9.55 Å². The molecule has 6 heteroatoms. The Morgan fingerprint density at radius 3 is 2.95 bits per heavy atom. The first-order valence-corrected chi connectivity index (χ1v) is 7.95. The third kappa shape index (κ3) is 2.13. The van der Waals surface area contributed by atoms with Crippen LogP contribution < -0.4 is 5.73 Å². The third-order valence-electron chi connectivity index (χ3n) is 3.33. The molecule has 0 spiro atoms. The van der Waals surface area contributed by atoms with Crippen LogP contribution in [0.1, 0.15) is 24.3 Å². The Hall–Kier alpha value is -1.40. The number of nitrogens with zero attached hydrogens (tertiary/aromatic N) is 2. The van der Waals surface area contributed by atoms with Gasteiger partial charge in [0.25, 0.3) is 0 Å². The molecule has 0 aliphatic carbocycles. The monoisotopic (exact) mass is 353 g/mol. The van der Waals surface area contributed by atoms with Crippen molar-refractivity contribution in [2.75, 3.05) is 5.73 Å². The number of halogens is 2. The summed E-state index contributed by atoms with van der Waals surface area (Å²) in [5.41, 5.74) is 7.48. The summed E-state index contributed by atoms with van der Waals surface area (Å²) in [6, 6.07) is 7.31. The maximum atomic E-state index is 13.8. The molecule has 2 heterocycles. The molecule has 20 heavy (non-hydrogen) atoms. The van der Waals surface area contributed by atoms with Crippen molar-refractivity contribution in [3.05, 3.63) is 44.8 Å².